The van der Waals surface area contributed by atoms with Gasteiger partial charge in [0.15, 0.2) is 0 Å². The molecule has 0 aromatic carbocycles. The van der Waals surface area contributed by atoms with Crippen LogP contribution in [0.5, 0.6) is 0 Å². The fourth-order valence-corrected chi connectivity index (χ4v) is 2.54. The summed E-state index contributed by atoms with van der Waals surface area (Å²) >= 11 is 3.54. The second kappa shape index (κ2) is 5.28. The zero-order valence-electron chi connectivity index (χ0n) is 11.6. The van der Waals surface area contributed by atoms with Gasteiger partial charge in [0.05, 0.1) is 22.4 Å². The summed E-state index contributed by atoms with van der Waals surface area (Å²) in [5, 5.41) is 4.44. The first kappa shape index (κ1) is 14.0. The van der Waals surface area contributed by atoms with Gasteiger partial charge < -0.3 is 0 Å². The Hall–Kier alpha value is -1.43. The summed E-state index contributed by atoms with van der Waals surface area (Å²) in [7, 11) is 0. The Balaban J connectivity index is 2.50. The molecule has 0 fully saturated rings. The third-order valence-corrected chi connectivity index (χ3v) is 4.12. The SMILES string of the molecule is CCn1nc(C)c(Br)c1Cn1c(C)nc(C)cc1=O. The van der Waals surface area contributed by atoms with Gasteiger partial charge in [-0.05, 0) is 43.6 Å². The number of rotatable bonds is 3. The summed E-state index contributed by atoms with van der Waals surface area (Å²) in [6.07, 6.45) is 0. The van der Waals surface area contributed by atoms with Crippen LogP contribution in [0.4, 0.5) is 0 Å². The smallest absolute Gasteiger partial charge is 0.254 e. The molecule has 102 valence electrons. The Morgan fingerprint density at radius 1 is 1.32 bits per heavy atom. The predicted octanol–water partition coefficient (Wildman–Crippen LogP) is 2.20. The van der Waals surface area contributed by atoms with Gasteiger partial charge in [0.2, 0.25) is 0 Å². The van der Waals surface area contributed by atoms with Crippen molar-refractivity contribution in [2.75, 3.05) is 0 Å². The third-order valence-electron chi connectivity index (χ3n) is 3.09. The summed E-state index contributed by atoms with van der Waals surface area (Å²) in [5.41, 5.74) is 2.65. The van der Waals surface area contributed by atoms with Gasteiger partial charge in [0.1, 0.15) is 5.82 Å². The van der Waals surface area contributed by atoms with E-state index in [1.807, 2.05) is 32.4 Å². The lowest BCUT2D eigenvalue weighted by atomic mass is 10.3. The van der Waals surface area contributed by atoms with Crippen LogP contribution < -0.4 is 5.56 Å². The number of halogens is 1. The minimum Gasteiger partial charge on any atom is -0.291 e. The molecule has 0 radical (unpaired) electrons. The predicted molar refractivity (Wildman–Crippen MR) is 77.4 cm³/mol. The van der Waals surface area contributed by atoms with Crippen molar-refractivity contribution < 1.29 is 0 Å². The van der Waals surface area contributed by atoms with E-state index in [0.717, 1.165) is 33.9 Å². The molecule has 0 N–H and O–H groups in total. The molecule has 6 heteroatoms. The second-order valence-corrected chi connectivity index (χ2v) is 5.32. The van der Waals surface area contributed by atoms with Crippen LogP contribution in [-0.2, 0) is 13.1 Å². The molecule has 0 aliphatic heterocycles. The summed E-state index contributed by atoms with van der Waals surface area (Å²) in [6.45, 7) is 8.91. The van der Waals surface area contributed by atoms with E-state index < -0.39 is 0 Å². The molecule has 19 heavy (non-hydrogen) atoms. The molecule has 0 atom stereocenters. The van der Waals surface area contributed by atoms with E-state index in [1.165, 1.54) is 0 Å². The number of aromatic nitrogens is 4. The molecular weight excluding hydrogens is 308 g/mol. The Labute approximate surface area is 120 Å². The Morgan fingerprint density at radius 2 is 2.00 bits per heavy atom. The standard InChI is InChI=1S/C13H17BrN4O/c1-5-18-11(13(14)9(3)16-18)7-17-10(4)15-8(2)6-12(17)19/h6H,5,7H2,1-4H3. The maximum atomic E-state index is 12.1. The maximum absolute atomic E-state index is 12.1. The minimum atomic E-state index is -0.0293. The van der Waals surface area contributed by atoms with E-state index in [-0.39, 0.29) is 5.56 Å². The zero-order chi connectivity index (χ0) is 14.2. The second-order valence-electron chi connectivity index (χ2n) is 4.53. The van der Waals surface area contributed by atoms with E-state index in [4.69, 9.17) is 0 Å². The van der Waals surface area contributed by atoms with Crippen LogP contribution in [0.25, 0.3) is 0 Å². The molecular formula is C13H17BrN4O. The lowest BCUT2D eigenvalue weighted by Gasteiger charge is -2.11. The summed E-state index contributed by atoms with van der Waals surface area (Å²) in [5.74, 6) is 0.721. The highest BCUT2D eigenvalue weighted by Crippen LogP contribution is 2.21. The van der Waals surface area contributed by atoms with Crippen LogP contribution in [0.1, 0.15) is 29.8 Å². The van der Waals surface area contributed by atoms with Crippen molar-refractivity contribution in [3.63, 3.8) is 0 Å². The molecule has 0 aliphatic rings. The molecule has 0 saturated heterocycles. The van der Waals surface area contributed by atoms with Gasteiger partial charge in [-0.3, -0.25) is 14.0 Å². The molecule has 5 nitrogen and oxygen atoms in total. The van der Waals surface area contributed by atoms with Crippen LogP contribution in [0, 0.1) is 20.8 Å². The van der Waals surface area contributed by atoms with Gasteiger partial charge in [-0.15, -0.1) is 0 Å². The average Bonchev–Trinajstić information content (AvgIpc) is 2.60. The van der Waals surface area contributed by atoms with E-state index in [1.54, 1.807) is 10.6 Å². The summed E-state index contributed by atoms with van der Waals surface area (Å²) in [4.78, 5) is 16.4. The molecule has 2 aromatic rings. The van der Waals surface area contributed by atoms with Gasteiger partial charge in [0, 0.05) is 18.3 Å². The fraction of sp³-hybridized carbons (Fsp3) is 0.462. The summed E-state index contributed by atoms with van der Waals surface area (Å²) in [6, 6.07) is 1.56. The maximum Gasteiger partial charge on any atom is 0.254 e. The molecule has 0 aliphatic carbocycles. The molecule has 2 heterocycles. The van der Waals surface area contributed by atoms with Crippen LogP contribution in [0.3, 0.4) is 0 Å². The molecule has 0 spiro atoms. The number of hydrogen-bond acceptors (Lipinski definition) is 3. The molecule has 0 amide bonds. The van der Waals surface area contributed by atoms with E-state index in [2.05, 4.69) is 26.0 Å². The van der Waals surface area contributed by atoms with E-state index in [9.17, 15) is 4.79 Å². The normalized spacial score (nSPS) is 11.0. The number of aryl methyl sites for hydroxylation is 4. The number of nitrogens with zero attached hydrogens (tertiary/aromatic N) is 4. The minimum absolute atomic E-state index is 0.0293. The van der Waals surface area contributed by atoms with Gasteiger partial charge in [0.25, 0.3) is 5.56 Å². The first-order valence-electron chi connectivity index (χ1n) is 6.21. The van der Waals surface area contributed by atoms with Crippen molar-refractivity contribution >= 4 is 15.9 Å². The summed E-state index contributed by atoms with van der Waals surface area (Å²) < 4.78 is 4.53. The lowest BCUT2D eigenvalue weighted by Crippen LogP contribution is -2.25. The molecule has 0 unspecified atom stereocenters. The Kier molecular flexibility index (Phi) is 3.89. The van der Waals surface area contributed by atoms with Crippen molar-refractivity contribution in [2.24, 2.45) is 0 Å². The van der Waals surface area contributed by atoms with Crippen LogP contribution in [0.2, 0.25) is 0 Å². The van der Waals surface area contributed by atoms with Crippen molar-refractivity contribution in [1.82, 2.24) is 19.3 Å². The lowest BCUT2D eigenvalue weighted by molar-refractivity contribution is 0.579. The third kappa shape index (κ3) is 2.63. The first-order chi connectivity index (χ1) is 8.93. The average molecular weight is 325 g/mol. The van der Waals surface area contributed by atoms with E-state index >= 15 is 0 Å². The van der Waals surface area contributed by atoms with Crippen LogP contribution in [0.15, 0.2) is 15.3 Å². The monoisotopic (exact) mass is 324 g/mol. The largest absolute Gasteiger partial charge is 0.291 e. The molecule has 2 aromatic heterocycles. The van der Waals surface area contributed by atoms with Gasteiger partial charge in [-0.1, -0.05) is 0 Å². The van der Waals surface area contributed by atoms with Crippen LogP contribution >= 0.6 is 15.9 Å². The fourth-order valence-electron chi connectivity index (χ4n) is 2.13. The van der Waals surface area contributed by atoms with E-state index in [0.29, 0.717) is 6.54 Å². The first-order valence-corrected chi connectivity index (χ1v) is 7.00. The van der Waals surface area contributed by atoms with Gasteiger partial charge in [-0.2, -0.15) is 5.10 Å². The van der Waals surface area contributed by atoms with Crippen LogP contribution in [-0.4, -0.2) is 19.3 Å². The molecule has 0 saturated carbocycles. The quantitative estimate of drug-likeness (QED) is 0.869. The van der Waals surface area contributed by atoms with Crippen molar-refractivity contribution in [3.05, 3.63) is 43.8 Å². The van der Waals surface area contributed by atoms with Crippen molar-refractivity contribution in [1.29, 1.82) is 0 Å². The molecule has 0 bridgehead atoms. The van der Waals surface area contributed by atoms with Crippen molar-refractivity contribution in [2.45, 2.75) is 40.8 Å². The van der Waals surface area contributed by atoms with Gasteiger partial charge >= 0.3 is 0 Å². The topological polar surface area (TPSA) is 52.7 Å². The zero-order valence-corrected chi connectivity index (χ0v) is 13.2. The highest BCUT2D eigenvalue weighted by Gasteiger charge is 2.14. The molecule has 2 rings (SSSR count). The Morgan fingerprint density at radius 3 is 2.58 bits per heavy atom. The highest BCUT2D eigenvalue weighted by atomic mass is 79.9. The highest BCUT2D eigenvalue weighted by molar-refractivity contribution is 9.10. The Bertz CT molecular complexity index is 672. The van der Waals surface area contributed by atoms with Gasteiger partial charge in [-0.25, -0.2) is 4.98 Å². The van der Waals surface area contributed by atoms with Crippen molar-refractivity contribution in [3.8, 4) is 0 Å². The number of hydrogen-bond donors (Lipinski definition) is 0.